The maximum atomic E-state index is 12.3. The van der Waals surface area contributed by atoms with Crippen LogP contribution >= 0.6 is 15.9 Å². The number of halogens is 1. The van der Waals surface area contributed by atoms with E-state index in [1.54, 1.807) is 0 Å². The highest BCUT2D eigenvalue weighted by atomic mass is 79.9. The molecule has 0 aromatic carbocycles. The second-order valence-corrected chi connectivity index (χ2v) is 9.08. The first-order valence-electron chi connectivity index (χ1n) is 8.16. The predicted molar refractivity (Wildman–Crippen MR) is 77.2 cm³/mol. The minimum atomic E-state index is -0.796. The van der Waals surface area contributed by atoms with Crippen molar-refractivity contribution in [2.24, 2.45) is 46.8 Å². The third kappa shape index (κ3) is 0.878. The number of carbonyl (C=O) groups is 2. The zero-order chi connectivity index (χ0) is 15.9. The Hall–Kier alpha value is -0.660. The highest BCUT2D eigenvalue weighted by molar-refractivity contribution is 9.10. The molecule has 0 N–H and O–H groups in total. The van der Waals surface area contributed by atoms with Crippen molar-refractivity contribution in [3.63, 3.8) is 0 Å². The van der Waals surface area contributed by atoms with Crippen LogP contribution in [0.15, 0.2) is 0 Å². The summed E-state index contributed by atoms with van der Waals surface area (Å²) in [5, 5.41) is 0. The Morgan fingerprint density at radius 1 is 0.957 bits per heavy atom. The third-order valence-electron chi connectivity index (χ3n) is 8.09. The number of alkyl halides is 1. The first-order chi connectivity index (χ1) is 11.0. The fourth-order valence-electron chi connectivity index (χ4n) is 8.02. The smallest absolute Gasteiger partial charge is 0.320 e. The fourth-order valence-corrected chi connectivity index (χ4v) is 9.65. The van der Waals surface area contributed by atoms with E-state index >= 15 is 0 Å². The molecule has 7 aliphatic rings. The molecule has 1 spiro atoms. The van der Waals surface area contributed by atoms with Crippen molar-refractivity contribution < 1.29 is 28.5 Å². The molecule has 0 aromatic rings. The quantitative estimate of drug-likeness (QED) is 0.402. The average Bonchev–Trinajstić information content (AvgIpc) is 3.09. The third-order valence-corrected chi connectivity index (χ3v) is 9.70. The number of methoxy groups -OCH3 is 2. The van der Waals surface area contributed by atoms with Crippen molar-refractivity contribution in [1.82, 2.24) is 0 Å². The summed E-state index contributed by atoms with van der Waals surface area (Å²) in [6.45, 7) is 1.25. The Morgan fingerprint density at radius 3 is 1.91 bits per heavy atom. The summed E-state index contributed by atoms with van der Waals surface area (Å²) >= 11 is 3.97. The molecule has 0 radical (unpaired) electrons. The van der Waals surface area contributed by atoms with Crippen LogP contribution in [0.25, 0.3) is 0 Å². The summed E-state index contributed by atoms with van der Waals surface area (Å²) in [4.78, 5) is 24.7. The SMILES string of the molecule is COC(=O)C(C(=O)OC)C12C3[C@@H]4[C@H]1C1[C@@H]2[C@H]3C4(Br)C12OCCO2. The zero-order valence-electron chi connectivity index (χ0n) is 12.8. The standard InChI is InChI=1S/C16H17BrO6/c1-20-12(18)11(13(19)21-2)14-5-8-6(14)10-7(14)9(5)15(8,17)16(10)22-3-4-23-16/h5-11H,3-4H2,1-2H3/t5?,6-,7-,8-,9+,10?,14?,15?/m0/s1. The maximum absolute atomic E-state index is 12.3. The molecule has 7 fully saturated rings. The Labute approximate surface area is 141 Å². The van der Waals surface area contributed by atoms with E-state index in [0.717, 1.165) is 0 Å². The van der Waals surface area contributed by atoms with Gasteiger partial charge < -0.3 is 18.9 Å². The molecular formula is C16H17BrO6. The van der Waals surface area contributed by atoms with E-state index < -0.39 is 23.6 Å². The largest absolute Gasteiger partial charge is 0.468 e. The van der Waals surface area contributed by atoms with Crippen LogP contribution in [0.4, 0.5) is 0 Å². The first-order valence-corrected chi connectivity index (χ1v) is 8.95. The van der Waals surface area contributed by atoms with Gasteiger partial charge in [-0.1, -0.05) is 15.9 Å². The molecule has 1 aliphatic heterocycles. The molecular weight excluding hydrogens is 368 g/mol. The first kappa shape index (κ1) is 13.6. The van der Waals surface area contributed by atoms with Gasteiger partial charge in [0.15, 0.2) is 11.7 Å². The molecule has 6 saturated carbocycles. The minimum absolute atomic E-state index is 0.111. The van der Waals surface area contributed by atoms with E-state index in [1.807, 2.05) is 0 Å². The van der Waals surface area contributed by atoms with Crippen LogP contribution < -0.4 is 0 Å². The van der Waals surface area contributed by atoms with Gasteiger partial charge in [-0.2, -0.15) is 0 Å². The fraction of sp³-hybridized carbons (Fsp3) is 0.875. The number of rotatable bonds is 3. The van der Waals surface area contributed by atoms with Crippen molar-refractivity contribution in [2.75, 3.05) is 27.4 Å². The lowest BCUT2D eigenvalue weighted by Crippen LogP contribution is -2.94. The van der Waals surface area contributed by atoms with E-state index in [-0.39, 0.29) is 9.74 Å². The van der Waals surface area contributed by atoms with Crippen molar-refractivity contribution in [2.45, 2.75) is 10.1 Å². The van der Waals surface area contributed by atoms with Crippen molar-refractivity contribution in [3.8, 4) is 0 Å². The van der Waals surface area contributed by atoms with Gasteiger partial charge in [-0.15, -0.1) is 0 Å². The summed E-state index contributed by atoms with van der Waals surface area (Å²) in [5.74, 6) is -0.0945. The summed E-state index contributed by atoms with van der Waals surface area (Å²) in [6.07, 6.45) is 0. The average molecular weight is 385 g/mol. The summed E-state index contributed by atoms with van der Waals surface area (Å²) in [7, 11) is 2.67. The molecule has 6 nitrogen and oxygen atoms in total. The summed E-state index contributed by atoms with van der Waals surface area (Å²) in [6, 6.07) is 0. The van der Waals surface area contributed by atoms with Gasteiger partial charge in [-0.05, 0) is 29.6 Å². The lowest BCUT2D eigenvalue weighted by molar-refractivity contribution is -0.450. The monoisotopic (exact) mass is 384 g/mol. The van der Waals surface area contributed by atoms with Crippen LogP contribution in [-0.4, -0.2) is 49.5 Å². The number of ether oxygens (including phenoxy) is 4. The van der Waals surface area contributed by atoms with E-state index in [1.165, 1.54) is 14.2 Å². The van der Waals surface area contributed by atoms with E-state index in [0.29, 0.717) is 48.7 Å². The van der Waals surface area contributed by atoms with Crippen LogP contribution in [0.2, 0.25) is 0 Å². The van der Waals surface area contributed by atoms with Crippen LogP contribution in [0.3, 0.4) is 0 Å². The summed E-state index contributed by atoms with van der Waals surface area (Å²) < 4.78 is 22.0. The molecule has 23 heavy (non-hydrogen) atoms. The van der Waals surface area contributed by atoms with Gasteiger partial charge in [0.2, 0.25) is 0 Å². The molecule has 0 amide bonds. The topological polar surface area (TPSA) is 71.1 Å². The highest BCUT2D eigenvalue weighted by Crippen LogP contribution is 3.05. The van der Waals surface area contributed by atoms with Gasteiger partial charge in [-0.25, -0.2) is 0 Å². The molecule has 8 atom stereocenters. The highest BCUT2D eigenvalue weighted by Gasteiger charge is 3.10. The molecule has 124 valence electrons. The Balaban J connectivity index is 1.44. The van der Waals surface area contributed by atoms with Crippen molar-refractivity contribution in [3.05, 3.63) is 0 Å². The Bertz CT molecular complexity index is 633. The van der Waals surface area contributed by atoms with Crippen LogP contribution in [-0.2, 0) is 28.5 Å². The molecule has 1 heterocycles. The molecule has 7 heteroatoms. The molecule has 0 aromatic heterocycles. The van der Waals surface area contributed by atoms with Crippen LogP contribution in [0.5, 0.6) is 0 Å². The lowest BCUT2D eigenvalue weighted by atomic mass is 9.11. The van der Waals surface area contributed by atoms with Gasteiger partial charge in [0.1, 0.15) is 0 Å². The van der Waals surface area contributed by atoms with Crippen LogP contribution in [0, 0.1) is 46.8 Å². The minimum Gasteiger partial charge on any atom is -0.468 e. The summed E-state index contributed by atoms with van der Waals surface area (Å²) in [5.41, 5.74) is -0.268. The van der Waals surface area contributed by atoms with E-state index in [2.05, 4.69) is 15.9 Å². The molecule has 7 rings (SSSR count). The predicted octanol–water partition coefficient (Wildman–Crippen LogP) is 0.577. The molecule has 4 unspecified atom stereocenters. The molecule has 1 saturated heterocycles. The Morgan fingerprint density at radius 2 is 1.43 bits per heavy atom. The van der Waals surface area contributed by atoms with Gasteiger partial charge in [0, 0.05) is 11.3 Å². The zero-order valence-corrected chi connectivity index (χ0v) is 14.4. The lowest BCUT2D eigenvalue weighted by Gasteiger charge is -2.92. The van der Waals surface area contributed by atoms with Gasteiger partial charge in [-0.3, -0.25) is 9.59 Å². The maximum Gasteiger partial charge on any atom is 0.320 e. The van der Waals surface area contributed by atoms with E-state index in [4.69, 9.17) is 18.9 Å². The van der Waals surface area contributed by atoms with Crippen molar-refractivity contribution >= 4 is 27.9 Å². The number of carbonyl (C=O) groups excluding carboxylic acids is 2. The van der Waals surface area contributed by atoms with Gasteiger partial charge in [0.05, 0.1) is 31.8 Å². The Kier molecular flexibility index (Phi) is 2.06. The second-order valence-electron chi connectivity index (χ2n) is 7.77. The number of esters is 2. The molecule has 2 bridgehead atoms. The number of hydrogen-bond donors (Lipinski definition) is 0. The van der Waals surface area contributed by atoms with Gasteiger partial charge in [0.25, 0.3) is 0 Å². The van der Waals surface area contributed by atoms with Crippen LogP contribution in [0.1, 0.15) is 0 Å². The second kappa shape index (κ2) is 3.48. The van der Waals surface area contributed by atoms with E-state index in [9.17, 15) is 9.59 Å². The number of hydrogen-bond acceptors (Lipinski definition) is 6. The van der Waals surface area contributed by atoms with Crippen molar-refractivity contribution in [1.29, 1.82) is 0 Å². The molecule has 6 aliphatic carbocycles. The normalized spacial score (nSPS) is 57.2. The van der Waals surface area contributed by atoms with Gasteiger partial charge >= 0.3 is 11.9 Å².